The van der Waals surface area contributed by atoms with Gasteiger partial charge in [0.1, 0.15) is 5.75 Å². The third-order valence-electron chi connectivity index (χ3n) is 2.81. The predicted octanol–water partition coefficient (Wildman–Crippen LogP) is 4.73. The van der Waals surface area contributed by atoms with Gasteiger partial charge in [-0.25, -0.2) is 0 Å². The fourth-order valence-corrected chi connectivity index (χ4v) is 3.12. The Hall–Kier alpha value is -1.09. The minimum absolute atomic E-state index is 0.164. The molecule has 2 rings (SSSR count). The fourth-order valence-electron chi connectivity index (χ4n) is 1.82. The highest BCUT2D eigenvalue weighted by Gasteiger charge is 2.18. The van der Waals surface area contributed by atoms with Crippen molar-refractivity contribution in [3.63, 3.8) is 0 Å². The van der Waals surface area contributed by atoms with E-state index in [1.165, 1.54) is 19.2 Å². The molecule has 0 aliphatic rings. The molecule has 0 unspecified atom stereocenters. The fraction of sp³-hybridized carbons (Fsp3) is 0.0667. The van der Waals surface area contributed by atoms with E-state index in [4.69, 9.17) is 40.2 Å². The van der Waals surface area contributed by atoms with E-state index in [1.54, 1.807) is 0 Å². The first-order chi connectivity index (χ1) is 10.9. The van der Waals surface area contributed by atoms with E-state index in [-0.39, 0.29) is 21.4 Å². The molecule has 2 aromatic carbocycles. The number of hydrogen-bond donors (Lipinski definition) is 2. The topological polar surface area (TPSA) is 50.4 Å². The summed E-state index contributed by atoms with van der Waals surface area (Å²) >= 11 is 19.3. The molecule has 23 heavy (non-hydrogen) atoms. The first-order valence-corrected chi connectivity index (χ1v) is 8.56. The molecule has 2 N–H and O–H groups in total. The highest BCUT2D eigenvalue weighted by Crippen LogP contribution is 2.32. The molecule has 0 aliphatic heterocycles. The highest BCUT2D eigenvalue weighted by atomic mass is 127. The lowest BCUT2D eigenvalue weighted by Crippen LogP contribution is -2.34. The Balaban J connectivity index is 2.16. The molecule has 0 heterocycles. The van der Waals surface area contributed by atoms with Crippen molar-refractivity contribution >= 4 is 74.7 Å². The van der Waals surface area contributed by atoms with Crippen LogP contribution in [0.1, 0.15) is 10.4 Å². The van der Waals surface area contributed by atoms with Gasteiger partial charge in [-0.15, -0.1) is 0 Å². The Morgan fingerprint density at radius 1 is 1.26 bits per heavy atom. The number of nitrogens with one attached hydrogen (secondary N) is 2. The van der Waals surface area contributed by atoms with Crippen molar-refractivity contribution in [1.82, 2.24) is 5.32 Å². The average Bonchev–Trinajstić information content (AvgIpc) is 2.48. The molecule has 0 spiro atoms. The number of thiocarbonyl (C=S) groups is 1. The molecule has 120 valence electrons. The zero-order chi connectivity index (χ0) is 17.0. The van der Waals surface area contributed by atoms with Crippen LogP contribution in [0.3, 0.4) is 0 Å². The predicted molar refractivity (Wildman–Crippen MR) is 106 cm³/mol. The van der Waals surface area contributed by atoms with Gasteiger partial charge >= 0.3 is 0 Å². The van der Waals surface area contributed by atoms with Crippen LogP contribution in [0.5, 0.6) is 5.75 Å². The number of para-hydroxylation sites is 1. The summed E-state index contributed by atoms with van der Waals surface area (Å²) in [5.41, 5.74) is 1.01. The molecule has 0 saturated heterocycles. The summed E-state index contributed by atoms with van der Waals surface area (Å²) in [5.74, 6) is -0.222. The Morgan fingerprint density at radius 3 is 2.61 bits per heavy atom. The van der Waals surface area contributed by atoms with Crippen molar-refractivity contribution in [1.29, 1.82) is 0 Å². The van der Waals surface area contributed by atoms with E-state index in [2.05, 4.69) is 33.2 Å². The zero-order valence-corrected chi connectivity index (χ0v) is 16.3. The zero-order valence-electron chi connectivity index (χ0n) is 11.8. The number of hydrogen-bond acceptors (Lipinski definition) is 3. The minimum Gasteiger partial charge on any atom is -0.494 e. The van der Waals surface area contributed by atoms with Crippen LogP contribution in [0.25, 0.3) is 0 Å². The second-order valence-corrected chi connectivity index (χ2v) is 6.77. The molecule has 0 fully saturated rings. The number of ether oxygens (including phenoxy) is 1. The smallest absolute Gasteiger partial charge is 0.261 e. The average molecular weight is 481 g/mol. The largest absolute Gasteiger partial charge is 0.494 e. The minimum atomic E-state index is -0.463. The summed E-state index contributed by atoms with van der Waals surface area (Å²) in [6, 6.07) is 10.5. The Kier molecular flexibility index (Phi) is 6.46. The maximum absolute atomic E-state index is 12.4. The van der Waals surface area contributed by atoms with Crippen molar-refractivity contribution in [2.75, 3.05) is 12.4 Å². The summed E-state index contributed by atoms with van der Waals surface area (Å²) in [4.78, 5) is 12.4. The number of anilines is 1. The highest BCUT2D eigenvalue weighted by molar-refractivity contribution is 14.1. The van der Waals surface area contributed by atoms with E-state index in [9.17, 15) is 4.79 Å². The van der Waals surface area contributed by atoms with Crippen LogP contribution in [0.15, 0.2) is 36.4 Å². The van der Waals surface area contributed by atoms with Crippen LogP contribution in [-0.4, -0.2) is 18.1 Å². The first-order valence-electron chi connectivity index (χ1n) is 6.32. The van der Waals surface area contributed by atoms with Gasteiger partial charge in [0.05, 0.1) is 23.4 Å². The summed E-state index contributed by atoms with van der Waals surface area (Å²) < 4.78 is 6.13. The van der Waals surface area contributed by atoms with E-state index >= 15 is 0 Å². The number of carbonyl (C=O) groups is 1. The van der Waals surface area contributed by atoms with Gasteiger partial charge in [-0.2, -0.15) is 0 Å². The number of amides is 1. The van der Waals surface area contributed by atoms with Crippen LogP contribution in [0.4, 0.5) is 5.69 Å². The van der Waals surface area contributed by atoms with Crippen molar-refractivity contribution in [3.05, 3.63) is 55.6 Å². The summed E-state index contributed by atoms with van der Waals surface area (Å²) in [5, 5.41) is 6.29. The SMILES string of the molecule is COc1c(Cl)cc(Cl)cc1C(=O)NC(=S)Nc1ccccc1I. The van der Waals surface area contributed by atoms with E-state index in [0.717, 1.165) is 9.26 Å². The summed E-state index contributed by atoms with van der Waals surface area (Å²) in [6.07, 6.45) is 0. The molecule has 0 bridgehead atoms. The molecule has 0 radical (unpaired) electrons. The lowest BCUT2D eigenvalue weighted by Gasteiger charge is -2.13. The van der Waals surface area contributed by atoms with Gasteiger partial charge in [-0.1, -0.05) is 35.3 Å². The van der Waals surface area contributed by atoms with Crippen LogP contribution in [-0.2, 0) is 0 Å². The van der Waals surface area contributed by atoms with E-state index < -0.39 is 5.91 Å². The number of rotatable bonds is 3. The van der Waals surface area contributed by atoms with Gasteiger partial charge in [0, 0.05) is 8.59 Å². The van der Waals surface area contributed by atoms with Gasteiger partial charge in [-0.3, -0.25) is 10.1 Å². The van der Waals surface area contributed by atoms with Crippen LogP contribution < -0.4 is 15.4 Å². The third kappa shape index (κ3) is 4.69. The van der Waals surface area contributed by atoms with Crippen molar-refractivity contribution < 1.29 is 9.53 Å². The maximum atomic E-state index is 12.4. The Bertz CT molecular complexity index is 771. The Labute approximate surface area is 162 Å². The molecule has 0 saturated carbocycles. The molecule has 0 aromatic heterocycles. The quantitative estimate of drug-likeness (QED) is 0.492. The first kappa shape index (κ1) is 18.3. The lowest BCUT2D eigenvalue weighted by molar-refractivity contribution is 0.0975. The summed E-state index contributed by atoms with van der Waals surface area (Å²) in [7, 11) is 1.43. The van der Waals surface area contributed by atoms with Crippen molar-refractivity contribution in [2.24, 2.45) is 0 Å². The summed E-state index contributed by atoms with van der Waals surface area (Å²) in [6.45, 7) is 0. The maximum Gasteiger partial charge on any atom is 0.261 e. The van der Waals surface area contributed by atoms with E-state index in [1.807, 2.05) is 24.3 Å². The monoisotopic (exact) mass is 480 g/mol. The van der Waals surface area contributed by atoms with Gasteiger partial charge in [0.2, 0.25) is 0 Å². The molecule has 2 aromatic rings. The van der Waals surface area contributed by atoms with Gasteiger partial charge in [0.15, 0.2) is 5.11 Å². The number of methoxy groups -OCH3 is 1. The number of halogens is 3. The van der Waals surface area contributed by atoms with Crippen LogP contribution >= 0.6 is 58.0 Å². The van der Waals surface area contributed by atoms with Crippen molar-refractivity contribution in [3.8, 4) is 5.75 Å². The standard InChI is InChI=1S/C15H11Cl2IN2O2S/c1-22-13-9(6-8(16)7-10(13)17)14(21)20-15(23)19-12-5-3-2-4-11(12)18/h2-7H,1H3,(H2,19,20,21,23). The third-order valence-corrected chi connectivity index (χ3v) is 4.45. The van der Waals surface area contributed by atoms with E-state index in [0.29, 0.717) is 5.02 Å². The second-order valence-electron chi connectivity index (χ2n) is 4.36. The van der Waals surface area contributed by atoms with Crippen LogP contribution in [0, 0.1) is 3.57 Å². The number of benzene rings is 2. The number of carbonyl (C=O) groups excluding carboxylic acids is 1. The van der Waals surface area contributed by atoms with Gasteiger partial charge in [-0.05, 0) is 59.1 Å². The molecule has 1 amide bonds. The normalized spacial score (nSPS) is 10.1. The van der Waals surface area contributed by atoms with Crippen LogP contribution in [0.2, 0.25) is 10.0 Å². The second kappa shape index (κ2) is 8.14. The molecule has 4 nitrogen and oxygen atoms in total. The van der Waals surface area contributed by atoms with Gasteiger partial charge in [0.25, 0.3) is 5.91 Å². The molecular formula is C15H11Cl2IN2O2S. The molecular weight excluding hydrogens is 470 g/mol. The van der Waals surface area contributed by atoms with Gasteiger partial charge < -0.3 is 10.1 Å². The lowest BCUT2D eigenvalue weighted by atomic mass is 10.2. The molecule has 0 atom stereocenters. The molecule has 8 heteroatoms. The Morgan fingerprint density at radius 2 is 1.96 bits per heavy atom. The molecule has 0 aliphatic carbocycles. The van der Waals surface area contributed by atoms with Crippen molar-refractivity contribution in [2.45, 2.75) is 0 Å².